The number of hydrogen-bond donors (Lipinski definition) is 1. The molecule has 4 nitrogen and oxygen atoms in total. The first kappa shape index (κ1) is 12.3. The van der Waals surface area contributed by atoms with Crippen molar-refractivity contribution >= 4 is 16.8 Å². The Labute approximate surface area is 116 Å². The van der Waals surface area contributed by atoms with Crippen molar-refractivity contribution in [2.24, 2.45) is 0 Å². The number of fused-ring (bicyclic) bond motifs is 1. The van der Waals surface area contributed by atoms with Crippen LogP contribution in [0.4, 0.5) is 0 Å². The number of benzene rings is 1. The van der Waals surface area contributed by atoms with Crippen molar-refractivity contribution in [1.29, 1.82) is 0 Å². The fourth-order valence-electron chi connectivity index (χ4n) is 2.07. The second-order valence-corrected chi connectivity index (χ2v) is 4.42. The number of rotatable bonds is 3. The van der Waals surface area contributed by atoms with Gasteiger partial charge in [0.2, 0.25) is 0 Å². The Balaban J connectivity index is 1.82. The maximum absolute atomic E-state index is 12.3. The summed E-state index contributed by atoms with van der Waals surface area (Å²) in [5.41, 5.74) is 2.33. The van der Waals surface area contributed by atoms with Gasteiger partial charge in [0.05, 0.1) is 11.1 Å². The van der Waals surface area contributed by atoms with Gasteiger partial charge in [0.15, 0.2) is 0 Å². The molecule has 1 N–H and O–H groups in total. The van der Waals surface area contributed by atoms with E-state index < -0.39 is 0 Å². The summed E-state index contributed by atoms with van der Waals surface area (Å²) in [6.45, 7) is 0.477. The smallest absolute Gasteiger partial charge is 0.253 e. The lowest BCUT2D eigenvalue weighted by molar-refractivity contribution is 0.0952. The van der Waals surface area contributed by atoms with Crippen LogP contribution in [-0.2, 0) is 6.54 Å². The summed E-state index contributed by atoms with van der Waals surface area (Å²) in [7, 11) is 0. The first-order valence-corrected chi connectivity index (χ1v) is 6.35. The van der Waals surface area contributed by atoms with Crippen molar-refractivity contribution in [1.82, 2.24) is 15.3 Å². The first-order valence-electron chi connectivity index (χ1n) is 6.35. The Morgan fingerprint density at radius 2 is 1.80 bits per heavy atom. The zero-order valence-corrected chi connectivity index (χ0v) is 10.8. The molecule has 0 aliphatic carbocycles. The van der Waals surface area contributed by atoms with Crippen LogP contribution >= 0.6 is 0 Å². The van der Waals surface area contributed by atoms with Crippen LogP contribution in [0.15, 0.2) is 61.1 Å². The van der Waals surface area contributed by atoms with Crippen LogP contribution in [0.1, 0.15) is 15.9 Å². The number of para-hydroxylation sites is 1. The van der Waals surface area contributed by atoms with Gasteiger partial charge >= 0.3 is 0 Å². The van der Waals surface area contributed by atoms with Gasteiger partial charge < -0.3 is 5.32 Å². The molecule has 0 radical (unpaired) electrons. The SMILES string of the molecule is O=C(NCc1ccncc1)c1cccc2cccnc12. The van der Waals surface area contributed by atoms with E-state index in [2.05, 4.69) is 15.3 Å². The Morgan fingerprint density at radius 3 is 2.65 bits per heavy atom. The number of nitrogens with zero attached hydrogens (tertiary/aromatic N) is 2. The van der Waals surface area contributed by atoms with E-state index in [1.165, 1.54) is 0 Å². The highest BCUT2D eigenvalue weighted by Crippen LogP contribution is 2.15. The van der Waals surface area contributed by atoms with E-state index in [0.29, 0.717) is 12.1 Å². The molecular formula is C16H13N3O. The van der Waals surface area contributed by atoms with E-state index in [-0.39, 0.29) is 5.91 Å². The van der Waals surface area contributed by atoms with Gasteiger partial charge in [-0.2, -0.15) is 0 Å². The molecule has 0 saturated heterocycles. The number of carbonyl (C=O) groups excluding carboxylic acids is 1. The van der Waals surface area contributed by atoms with Gasteiger partial charge in [0.1, 0.15) is 0 Å². The van der Waals surface area contributed by atoms with Crippen molar-refractivity contribution in [2.45, 2.75) is 6.54 Å². The van der Waals surface area contributed by atoms with E-state index in [4.69, 9.17) is 0 Å². The van der Waals surface area contributed by atoms with Gasteiger partial charge in [0.25, 0.3) is 5.91 Å². The maximum atomic E-state index is 12.3. The van der Waals surface area contributed by atoms with Crippen LogP contribution in [0.25, 0.3) is 10.9 Å². The lowest BCUT2D eigenvalue weighted by Crippen LogP contribution is -2.23. The normalized spacial score (nSPS) is 10.4. The molecule has 20 heavy (non-hydrogen) atoms. The summed E-state index contributed by atoms with van der Waals surface area (Å²) in [5.74, 6) is -0.119. The molecule has 1 aromatic carbocycles. The van der Waals surface area contributed by atoms with Crippen molar-refractivity contribution in [3.63, 3.8) is 0 Å². The first-order chi connectivity index (χ1) is 9.84. The van der Waals surface area contributed by atoms with Gasteiger partial charge in [-0.15, -0.1) is 0 Å². The zero-order chi connectivity index (χ0) is 13.8. The monoisotopic (exact) mass is 263 g/mol. The second-order valence-electron chi connectivity index (χ2n) is 4.42. The van der Waals surface area contributed by atoms with Gasteiger partial charge in [-0.25, -0.2) is 0 Å². The molecule has 0 saturated carbocycles. The van der Waals surface area contributed by atoms with Crippen LogP contribution in [0.2, 0.25) is 0 Å². The van der Waals surface area contributed by atoms with Crippen molar-refractivity contribution in [2.75, 3.05) is 0 Å². The average molecular weight is 263 g/mol. The minimum atomic E-state index is -0.119. The fourth-order valence-corrected chi connectivity index (χ4v) is 2.07. The lowest BCUT2D eigenvalue weighted by Gasteiger charge is -2.07. The Hall–Kier alpha value is -2.75. The van der Waals surface area contributed by atoms with Gasteiger partial charge in [-0.1, -0.05) is 18.2 Å². The molecule has 98 valence electrons. The molecule has 4 heteroatoms. The van der Waals surface area contributed by atoms with Gasteiger partial charge in [0, 0.05) is 30.5 Å². The van der Waals surface area contributed by atoms with E-state index in [1.54, 1.807) is 24.7 Å². The van der Waals surface area contributed by atoms with E-state index in [1.807, 2.05) is 36.4 Å². The summed E-state index contributed by atoms with van der Waals surface area (Å²) >= 11 is 0. The van der Waals surface area contributed by atoms with E-state index >= 15 is 0 Å². The summed E-state index contributed by atoms with van der Waals surface area (Å²) < 4.78 is 0. The van der Waals surface area contributed by atoms with Gasteiger partial charge in [-0.3, -0.25) is 14.8 Å². The zero-order valence-electron chi connectivity index (χ0n) is 10.8. The number of amides is 1. The highest BCUT2D eigenvalue weighted by atomic mass is 16.1. The summed E-state index contributed by atoms with van der Waals surface area (Å²) in [4.78, 5) is 20.5. The largest absolute Gasteiger partial charge is 0.348 e. The molecule has 1 amide bonds. The summed E-state index contributed by atoms with van der Waals surface area (Å²) in [6.07, 6.45) is 5.11. The molecule has 2 heterocycles. The molecular weight excluding hydrogens is 250 g/mol. The third-order valence-electron chi connectivity index (χ3n) is 3.08. The number of carbonyl (C=O) groups is 1. The Bertz CT molecular complexity index is 736. The topological polar surface area (TPSA) is 54.9 Å². The molecule has 3 aromatic rings. The molecule has 2 aromatic heterocycles. The maximum Gasteiger partial charge on any atom is 0.253 e. The van der Waals surface area contributed by atoms with Crippen molar-refractivity contribution in [3.8, 4) is 0 Å². The van der Waals surface area contributed by atoms with Crippen LogP contribution in [0.3, 0.4) is 0 Å². The predicted molar refractivity (Wildman–Crippen MR) is 77.2 cm³/mol. The van der Waals surface area contributed by atoms with Crippen LogP contribution in [0, 0.1) is 0 Å². The second kappa shape index (κ2) is 5.48. The number of aromatic nitrogens is 2. The highest BCUT2D eigenvalue weighted by molar-refractivity contribution is 6.05. The third kappa shape index (κ3) is 2.49. The fraction of sp³-hybridized carbons (Fsp3) is 0.0625. The van der Waals surface area contributed by atoms with Crippen molar-refractivity contribution in [3.05, 3.63) is 72.2 Å². The number of nitrogens with one attached hydrogen (secondary N) is 1. The van der Waals surface area contributed by atoms with Crippen LogP contribution < -0.4 is 5.32 Å². The van der Waals surface area contributed by atoms with Crippen molar-refractivity contribution < 1.29 is 4.79 Å². The molecule has 0 atom stereocenters. The molecule has 0 aliphatic heterocycles. The standard InChI is InChI=1S/C16H13N3O/c20-16(19-11-12-6-9-17-10-7-12)14-5-1-3-13-4-2-8-18-15(13)14/h1-10H,11H2,(H,19,20). The highest BCUT2D eigenvalue weighted by Gasteiger charge is 2.10. The molecule has 0 spiro atoms. The Morgan fingerprint density at radius 1 is 1.00 bits per heavy atom. The van der Waals surface area contributed by atoms with Crippen LogP contribution in [0.5, 0.6) is 0 Å². The quantitative estimate of drug-likeness (QED) is 0.790. The predicted octanol–water partition coefficient (Wildman–Crippen LogP) is 2.56. The third-order valence-corrected chi connectivity index (χ3v) is 3.08. The molecule has 0 bridgehead atoms. The minimum absolute atomic E-state index is 0.119. The lowest BCUT2D eigenvalue weighted by atomic mass is 10.1. The molecule has 0 unspecified atom stereocenters. The Kier molecular flexibility index (Phi) is 3.37. The van der Waals surface area contributed by atoms with E-state index in [9.17, 15) is 4.79 Å². The summed E-state index contributed by atoms with van der Waals surface area (Å²) in [6, 6.07) is 13.2. The number of hydrogen-bond acceptors (Lipinski definition) is 3. The van der Waals surface area contributed by atoms with E-state index in [0.717, 1.165) is 16.5 Å². The average Bonchev–Trinajstić information content (AvgIpc) is 2.53. The number of pyridine rings is 2. The molecule has 0 fully saturated rings. The minimum Gasteiger partial charge on any atom is -0.348 e. The molecule has 0 aliphatic rings. The van der Waals surface area contributed by atoms with Gasteiger partial charge in [-0.05, 0) is 29.8 Å². The summed E-state index contributed by atoms with van der Waals surface area (Å²) in [5, 5.41) is 3.86. The van der Waals surface area contributed by atoms with Crippen LogP contribution in [-0.4, -0.2) is 15.9 Å². The molecule has 3 rings (SSSR count).